The van der Waals surface area contributed by atoms with Gasteiger partial charge in [-0.15, -0.1) is 11.3 Å². The molecule has 3 aliphatic rings. The Kier molecular flexibility index (Phi) is 8.03. The van der Waals surface area contributed by atoms with Crippen LogP contribution in [-0.4, -0.2) is 74.4 Å². The van der Waals surface area contributed by atoms with Gasteiger partial charge in [0.25, 0.3) is 5.91 Å². The normalized spacial score (nSPS) is 21.5. The quantitative estimate of drug-likeness (QED) is 0.448. The van der Waals surface area contributed by atoms with Crippen LogP contribution in [0, 0.1) is 6.92 Å². The van der Waals surface area contributed by atoms with E-state index in [0.29, 0.717) is 32.4 Å². The third-order valence-corrected chi connectivity index (χ3v) is 8.27. The van der Waals surface area contributed by atoms with Crippen molar-refractivity contribution in [1.29, 1.82) is 0 Å². The molecule has 2 atom stereocenters. The van der Waals surface area contributed by atoms with Gasteiger partial charge in [0.1, 0.15) is 10.8 Å². The van der Waals surface area contributed by atoms with Crippen molar-refractivity contribution in [3.05, 3.63) is 51.0 Å². The second-order valence-corrected chi connectivity index (χ2v) is 10.9. The second-order valence-electron chi connectivity index (χ2n) is 9.74. The lowest BCUT2D eigenvalue weighted by atomic mass is 9.86. The number of hydrogen-bond acceptors (Lipinski definition) is 8. The van der Waals surface area contributed by atoms with Crippen LogP contribution < -0.4 is 15.4 Å². The number of hydrogen-bond donors (Lipinski definition) is 2. The smallest absolute Gasteiger partial charge is 0.252 e. The van der Waals surface area contributed by atoms with Gasteiger partial charge in [0.05, 0.1) is 37.8 Å². The number of piperazine rings is 1. The van der Waals surface area contributed by atoms with E-state index < -0.39 is 0 Å². The minimum Gasteiger partial charge on any atom is -0.496 e. The van der Waals surface area contributed by atoms with E-state index >= 15 is 0 Å². The lowest BCUT2D eigenvalue weighted by molar-refractivity contribution is -0.128. The maximum atomic E-state index is 14.3. The van der Waals surface area contributed by atoms with Crippen LogP contribution in [-0.2, 0) is 27.4 Å². The molecular weight excluding hydrogens is 476 g/mol. The Morgan fingerprint density at radius 3 is 2.86 bits per heavy atom. The van der Waals surface area contributed by atoms with Crippen molar-refractivity contribution in [2.75, 3.05) is 40.5 Å². The molecule has 1 amide bonds. The lowest BCUT2D eigenvalue weighted by Gasteiger charge is -2.40. The number of methoxy groups -OCH3 is 2. The molecule has 0 radical (unpaired) electrons. The highest BCUT2D eigenvalue weighted by molar-refractivity contribution is 7.12. The summed E-state index contributed by atoms with van der Waals surface area (Å²) in [6.07, 6.45) is 4.84. The van der Waals surface area contributed by atoms with Crippen LogP contribution >= 0.6 is 11.3 Å². The van der Waals surface area contributed by atoms with Gasteiger partial charge in [-0.2, -0.15) is 0 Å². The summed E-state index contributed by atoms with van der Waals surface area (Å²) in [6, 6.07) is 6.68. The zero-order valence-corrected chi connectivity index (χ0v) is 22.2. The molecule has 2 N–H and O–H groups in total. The zero-order valence-electron chi connectivity index (χ0n) is 21.3. The minimum absolute atomic E-state index is 0.00356. The molecule has 36 heavy (non-hydrogen) atoms. The molecule has 1 aliphatic carbocycles. The molecule has 1 aromatic carbocycles. The van der Waals surface area contributed by atoms with E-state index in [0.717, 1.165) is 70.3 Å². The molecule has 1 saturated carbocycles. The molecule has 2 bridgehead atoms. The molecule has 9 heteroatoms. The Balaban J connectivity index is 1.45. The summed E-state index contributed by atoms with van der Waals surface area (Å²) in [5.41, 5.74) is 4.26. The fraction of sp³-hybridized carbons (Fsp3) is 0.556. The van der Waals surface area contributed by atoms with Crippen molar-refractivity contribution >= 4 is 22.8 Å². The molecule has 8 nitrogen and oxygen atoms in total. The standard InChI is InChI=1S/C27H36N4O4S/c1-17-18(5-4-6-23(17)34-3)15-31(20-7-8-20)27(32)26-21(11-19-12-28-13-22(26)30-19)24-14-29-25(36-24)16-35-10-9-33-2/h4-6,14,19-20,22,28,30H,7-13,15-16H2,1-3H3. The number of aromatic nitrogens is 1. The van der Waals surface area contributed by atoms with Crippen LogP contribution in [0.25, 0.3) is 5.57 Å². The van der Waals surface area contributed by atoms with Gasteiger partial charge in [0.15, 0.2) is 0 Å². The first kappa shape index (κ1) is 25.4. The number of thiazole rings is 1. The number of carbonyl (C=O) groups excluding carboxylic acids is 1. The van der Waals surface area contributed by atoms with Gasteiger partial charge >= 0.3 is 0 Å². The summed E-state index contributed by atoms with van der Waals surface area (Å²) in [5.74, 6) is 1.000. The first-order chi connectivity index (χ1) is 17.6. The molecule has 2 fully saturated rings. The number of nitrogens with zero attached hydrogens (tertiary/aromatic N) is 2. The van der Waals surface area contributed by atoms with Gasteiger partial charge in [-0.25, -0.2) is 4.98 Å². The van der Waals surface area contributed by atoms with Crippen molar-refractivity contribution in [2.24, 2.45) is 0 Å². The van der Waals surface area contributed by atoms with Crippen molar-refractivity contribution in [2.45, 2.75) is 57.5 Å². The average Bonchev–Trinajstić information content (AvgIpc) is 3.62. The van der Waals surface area contributed by atoms with Crippen LogP contribution in [0.1, 0.15) is 40.3 Å². The van der Waals surface area contributed by atoms with Crippen molar-refractivity contribution in [3.63, 3.8) is 0 Å². The van der Waals surface area contributed by atoms with E-state index in [9.17, 15) is 4.79 Å². The van der Waals surface area contributed by atoms with E-state index in [1.54, 1.807) is 25.6 Å². The number of amides is 1. The first-order valence-electron chi connectivity index (χ1n) is 12.7. The zero-order chi connectivity index (χ0) is 25.1. The summed E-state index contributed by atoms with van der Waals surface area (Å²) < 4.78 is 16.3. The Bertz CT molecular complexity index is 1110. The van der Waals surface area contributed by atoms with Crippen LogP contribution in [0.4, 0.5) is 0 Å². The lowest BCUT2D eigenvalue weighted by Crippen LogP contribution is -2.59. The Morgan fingerprint density at radius 2 is 2.08 bits per heavy atom. The molecule has 1 aromatic heterocycles. The maximum Gasteiger partial charge on any atom is 0.252 e. The van der Waals surface area contributed by atoms with Crippen LogP contribution in [0.5, 0.6) is 5.75 Å². The fourth-order valence-corrected chi connectivity index (χ4v) is 6.08. The molecule has 2 aromatic rings. The summed E-state index contributed by atoms with van der Waals surface area (Å²) in [4.78, 5) is 22.1. The number of fused-ring (bicyclic) bond motifs is 2. The van der Waals surface area contributed by atoms with Crippen LogP contribution in [0.15, 0.2) is 30.0 Å². The molecule has 5 rings (SSSR count). The predicted molar refractivity (Wildman–Crippen MR) is 140 cm³/mol. The summed E-state index contributed by atoms with van der Waals surface area (Å²) in [7, 11) is 3.36. The summed E-state index contributed by atoms with van der Waals surface area (Å²) in [6.45, 7) is 5.88. The van der Waals surface area contributed by atoms with Crippen LogP contribution in [0.3, 0.4) is 0 Å². The van der Waals surface area contributed by atoms with Crippen LogP contribution in [0.2, 0.25) is 0 Å². The Labute approximate surface area is 217 Å². The Morgan fingerprint density at radius 1 is 1.22 bits per heavy atom. The van der Waals surface area contributed by atoms with Crippen molar-refractivity contribution < 1.29 is 19.0 Å². The van der Waals surface area contributed by atoms with Gasteiger partial charge in [0, 0.05) is 50.6 Å². The average molecular weight is 513 g/mol. The van der Waals surface area contributed by atoms with Gasteiger partial charge < -0.3 is 29.7 Å². The minimum atomic E-state index is -0.00356. The van der Waals surface area contributed by atoms with E-state index in [4.69, 9.17) is 14.2 Å². The summed E-state index contributed by atoms with van der Waals surface area (Å²) in [5, 5.41) is 8.15. The van der Waals surface area contributed by atoms with Gasteiger partial charge in [-0.05, 0) is 49.0 Å². The van der Waals surface area contributed by atoms with Gasteiger partial charge in [-0.3, -0.25) is 4.79 Å². The number of carbonyl (C=O) groups is 1. The largest absolute Gasteiger partial charge is 0.496 e. The maximum absolute atomic E-state index is 14.3. The third kappa shape index (κ3) is 5.50. The molecule has 2 unspecified atom stereocenters. The topological polar surface area (TPSA) is 85.0 Å². The monoisotopic (exact) mass is 512 g/mol. The Hall–Kier alpha value is -2.30. The van der Waals surface area contributed by atoms with Crippen molar-refractivity contribution in [3.8, 4) is 5.75 Å². The van der Waals surface area contributed by atoms with E-state index in [2.05, 4.69) is 33.5 Å². The van der Waals surface area contributed by atoms with Gasteiger partial charge in [-0.1, -0.05) is 12.1 Å². The molecule has 0 spiro atoms. The predicted octanol–water partition coefficient (Wildman–Crippen LogP) is 2.90. The number of rotatable bonds is 11. The van der Waals surface area contributed by atoms with E-state index in [1.165, 1.54) is 0 Å². The molecular formula is C27H36N4O4S. The highest BCUT2D eigenvalue weighted by Gasteiger charge is 2.41. The third-order valence-electron chi connectivity index (χ3n) is 7.24. The highest BCUT2D eigenvalue weighted by atomic mass is 32.1. The molecule has 194 valence electrons. The number of nitrogens with one attached hydrogen (secondary N) is 2. The number of ether oxygens (including phenoxy) is 3. The fourth-order valence-electron chi connectivity index (χ4n) is 5.16. The second kappa shape index (κ2) is 11.4. The van der Waals surface area contributed by atoms with E-state index in [-0.39, 0.29) is 18.0 Å². The SMILES string of the molecule is COCCOCc1ncc(C2=C(C(=O)N(Cc3cccc(OC)c3C)C3CC3)C3CNCC(C2)N3)s1. The highest BCUT2D eigenvalue weighted by Crippen LogP contribution is 2.38. The molecule has 3 heterocycles. The van der Waals surface area contributed by atoms with E-state index in [1.807, 2.05) is 18.3 Å². The summed E-state index contributed by atoms with van der Waals surface area (Å²) >= 11 is 1.63. The number of benzene rings is 1. The van der Waals surface area contributed by atoms with Crippen molar-refractivity contribution in [1.82, 2.24) is 20.5 Å². The molecule has 2 aliphatic heterocycles. The van der Waals surface area contributed by atoms with Gasteiger partial charge in [0.2, 0.25) is 0 Å². The molecule has 1 saturated heterocycles. The first-order valence-corrected chi connectivity index (χ1v) is 13.6.